The molecule has 14 nitrogen and oxygen atoms in total. The molecule has 0 aromatic rings. The van der Waals surface area contributed by atoms with Gasteiger partial charge in [-0.15, -0.1) is 0 Å². The normalized spacial score (nSPS) is 44.6. The molecule has 0 aromatic carbocycles. The van der Waals surface area contributed by atoms with Crippen LogP contribution in [-0.4, -0.2) is 129 Å². The van der Waals surface area contributed by atoms with Gasteiger partial charge >= 0.3 is 17.9 Å². The van der Waals surface area contributed by atoms with E-state index in [1.807, 2.05) is 27.9 Å². The smallest absolute Gasteiger partial charge is 0.311 e. The van der Waals surface area contributed by atoms with Crippen molar-refractivity contribution in [3.63, 3.8) is 0 Å². The van der Waals surface area contributed by atoms with Gasteiger partial charge in [0, 0.05) is 44.6 Å². The van der Waals surface area contributed by atoms with E-state index in [2.05, 4.69) is 27.5 Å². The maximum Gasteiger partial charge on any atom is 0.311 e. The minimum Gasteiger partial charge on any atom is -0.460 e. The maximum atomic E-state index is 14.3. The highest BCUT2D eigenvalue weighted by atomic mass is 127. The third kappa shape index (κ3) is 11.6. The summed E-state index contributed by atoms with van der Waals surface area (Å²) in [7, 11) is 3.98. The topological polar surface area (TPSA) is 177 Å². The van der Waals surface area contributed by atoms with E-state index in [1.54, 1.807) is 41.5 Å². The van der Waals surface area contributed by atoms with Crippen molar-refractivity contribution in [2.45, 2.75) is 185 Å². The monoisotopic (exact) mass is 883 g/mol. The van der Waals surface area contributed by atoms with Crippen molar-refractivity contribution < 1.29 is 62.5 Å². The number of esters is 3. The molecule has 0 amide bonds. The number of halogens is 1. The summed E-state index contributed by atoms with van der Waals surface area (Å²) < 4.78 is 42.5. The molecule has 54 heavy (non-hydrogen) atoms. The Labute approximate surface area is 335 Å². The van der Waals surface area contributed by atoms with Crippen LogP contribution in [-0.2, 0) is 52.3 Å². The molecular formula is C39H66INO13. The van der Waals surface area contributed by atoms with Crippen LogP contribution in [0.25, 0.3) is 0 Å². The Bertz CT molecular complexity index is 1280. The predicted molar refractivity (Wildman–Crippen MR) is 206 cm³/mol. The first-order valence-corrected chi connectivity index (χ1v) is 20.6. The number of cyclic esters (lactones) is 1. The van der Waals surface area contributed by atoms with E-state index in [0.717, 1.165) is 6.42 Å². The summed E-state index contributed by atoms with van der Waals surface area (Å²) in [5, 5.41) is 24.5. The summed E-state index contributed by atoms with van der Waals surface area (Å²) in [6.45, 7) is 17.8. The van der Waals surface area contributed by atoms with Crippen LogP contribution in [0.2, 0.25) is 0 Å². The Balaban J connectivity index is 2.16. The lowest BCUT2D eigenvalue weighted by atomic mass is 9.76. The van der Waals surface area contributed by atoms with Gasteiger partial charge < -0.3 is 48.3 Å². The molecular weight excluding hydrogens is 817 g/mol. The number of hydrogen-bond acceptors (Lipinski definition) is 14. The molecule has 0 aromatic heterocycles. The zero-order valence-electron chi connectivity index (χ0n) is 34.4. The predicted octanol–water partition coefficient (Wildman–Crippen LogP) is 4.35. The molecule has 2 N–H and O–H groups in total. The molecule has 15 heteroatoms. The van der Waals surface area contributed by atoms with E-state index in [0.29, 0.717) is 12.8 Å². The number of ether oxygens (including phenoxy) is 7. The van der Waals surface area contributed by atoms with Crippen LogP contribution in [0, 0.1) is 23.7 Å². The van der Waals surface area contributed by atoms with Gasteiger partial charge in [0.2, 0.25) is 0 Å². The standard InChI is InChI=1S/C39H66INO13/c1-14-28-39(11,47)35(51-26(9)43)22(5)32(44)20(3)18-38(10,46)36(54-30-17-27(41(12)13)16-21(4)48-30)31(40)34(23(6)37(45)52-28)53-29-15-19(2)33(24(7)49-29)50-25(8)42/h19-24,27-31,33-36,46-47H,14-18H2,1-13H3/t19?,20-,21-,22+,23-,24?,27+,28-,29+,30+,31+,33-,34-,35-,36-,38-,39-/m1/s1. The average molecular weight is 884 g/mol. The van der Waals surface area contributed by atoms with Crippen molar-refractivity contribution in [2.75, 3.05) is 14.1 Å². The van der Waals surface area contributed by atoms with Crippen molar-refractivity contribution in [1.82, 2.24) is 4.90 Å². The molecule has 0 bridgehead atoms. The molecule has 312 valence electrons. The Morgan fingerprint density at radius 1 is 0.852 bits per heavy atom. The molecule has 0 radical (unpaired) electrons. The lowest BCUT2D eigenvalue weighted by molar-refractivity contribution is -0.275. The molecule has 3 aliphatic rings. The minimum atomic E-state index is -1.97. The molecule has 0 aliphatic carbocycles. The van der Waals surface area contributed by atoms with Gasteiger partial charge in [-0.2, -0.15) is 0 Å². The Kier molecular flexibility index (Phi) is 16.8. The van der Waals surface area contributed by atoms with Crippen molar-refractivity contribution in [3.05, 3.63) is 0 Å². The Morgan fingerprint density at radius 2 is 1.44 bits per heavy atom. The van der Waals surface area contributed by atoms with Crippen LogP contribution in [0.15, 0.2) is 0 Å². The zero-order valence-corrected chi connectivity index (χ0v) is 36.6. The van der Waals surface area contributed by atoms with E-state index < -0.39 is 100.0 Å². The number of hydrogen-bond donors (Lipinski definition) is 2. The van der Waals surface area contributed by atoms with Gasteiger partial charge in [-0.05, 0) is 68.0 Å². The fraction of sp³-hybridized carbons (Fsp3) is 0.897. The fourth-order valence-electron chi connectivity index (χ4n) is 8.41. The van der Waals surface area contributed by atoms with Crippen molar-refractivity contribution in [1.29, 1.82) is 0 Å². The highest BCUT2D eigenvalue weighted by molar-refractivity contribution is 14.1. The van der Waals surface area contributed by atoms with Gasteiger partial charge in [0.05, 0.1) is 39.7 Å². The van der Waals surface area contributed by atoms with Gasteiger partial charge in [0.25, 0.3) is 0 Å². The second-order valence-electron chi connectivity index (χ2n) is 16.7. The SMILES string of the molecule is CC[C@H]1OC(=O)[C@H](C)[C@@H](O[C@H]2CC(C)[C@@H](OC(C)=O)C(C)O2)[C@H](I)[C@@H](O[C@H]2C[C@@H](N(C)C)C[C@@H](C)O2)[C@](C)(O)C[C@@H](C)C(=O)[C@H](C)[C@@H](OC(C)=O)[C@]1(C)O. The van der Waals surface area contributed by atoms with Crippen LogP contribution in [0.4, 0.5) is 0 Å². The molecule has 3 saturated heterocycles. The first kappa shape index (κ1) is 46.9. The molecule has 17 atom stereocenters. The van der Waals surface area contributed by atoms with Gasteiger partial charge in [-0.25, -0.2) is 0 Å². The van der Waals surface area contributed by atoms with Gasteiger partial charge in [-0.1, -0.05) is 50.3 Å². The first-order chi connectivity index (χ1) is 24.9. The lowest BCUT2D eigenvalue weighted by Crippen LogP contribution is -2.60. The number of Topliss-reactive ketones (excluding diaryl/α,β-unsaturated/α-hetero) is 1. The molecule has 0 saturated carbocycles. The number of carbonyl (C=O) groups is 4. The molecule has 3 heterocycles. The van der Waals surface area contributed by atoms with E-state index in [9.17, 15) is 29.4 Å². The van der Waals surface area contributed by atoms with Crippen molar-refractivity contribution in [3.8, 4) is 0 Å². The average Bonchev–Trinajstić information content (AvgIpc) is 3.06. The lowest BCUT2D eigenvalue weighted by Gasteiger charge is -2.47. The van der Waals surface area contributed by atoms with Gasteiger partial charge in [0.1, 0.15) is 35.8 Å². The summed E-state index contributed by atoms with van der Waals surface area (Å²) in [6, 6.07) is 0.137. The van der Waals surface area contributed by atoms with Crippen LogP contribution in [0.3, 0.4) is 0 Å². The number of rotatable bonds is 8. The summed E-state index contributed by atoms with van der Waals surface area (Å²) in [5.74, 6) is -5.19. The van der Waals surface area contributed by atoms with Crippen LogP contribution < -0.4 is 0 Å². The highest BCUT2D eigenvalue weighted by Crippen LogP contribution is 2.40. The summed E-state index contributed by atoms with van der Waals surface area (Å²) in [6.07, 6.45) is -5.65. The summed E-state index contributed by atoms with van der Waals surface area (Å²) in [4.78, 5) is 54.7. The molecule has 3 fully saturated rings. The largest absolute Gasteiger partial charge is 0.460 e. The number of aliphatic hydroxyl groups is 2. The second kappa shape index (κ2) is 19.3. The number of alkyl halides is 1. The van der Waals surface area contributed by atoms with Crippen LogP contribution in [0.5, 0.6) is 0 Å². The summed E-state index contributed by atoms with van der Waals surface area (Å²) >= 11 is 2.14. The van der Waals surface area contributed by atoms with Crippen LogP contribution in [0.1, 0.15) is 108 Å². The number of ketones is 1. The first-order valence-electron chi connectivity index (χ1n) is 19.4. The molecule has 2 unspecified atom stereocenters. The van der Waals surface area contributed by atoms with Gasteiger partial charge in [0.15, 0.2) is 12.6 Å². The van der Waals surface area contributed by atoms with E-state index >= 15 is 0 Å². The van der Waals surface area contributed by atoms with Crippen molar-refractivity contribution >= 4 is 46.3 Å². The minimum absolute atomic E-state index is 0.0739. The Hall–Kier alpha value is -1.47. The summed E-state index contributed by atoms with van der Waals surface area (Å²) in [5.41, 5.74) is -3.67. The van der Waals surface area contributed by atoms with Crippen LogP contribution >= 0.6 is 22.6 Å². The molecule has 3 rings (SSSR count). The van der Waals surface area contributed by atoms with Crippen molar-refractivity contribution in [2.24, 2.45) is 23.7 Å². The maximum absolute atomic E-state index is 14.3. The number of carbonyl (C=O) groups excluding carboxylic acids is 4. The van der Waals surface area contributed by atoms with E-state index in [4.69, 9.17) is 33.2 Å². The third-order valence-electron chi connectivity index (χ3n) is 11.4. The Morgan fingerprint density at radius 3 is 1.98 bits per heavy atom. The second-order valence-corrected chi connectivity index (χ2v) is 18.1. The zero-order chi connectivity index (χ0) is 41.0. The quantitative estimate of drug-likeness (QED) is 0.152. The third-order valence-corrected chi connectivity index (χ3v) is 12.7. The molecule has 3 aliphatic heterocycles. The highest BCUT2D eigenvalue weighted by Gasteiger charge is 2.53. The van der Waals surface area contributed by atoms with Gasteiger partial charge in [-0.3, -0.25) is 19.2 Å². The number of nitrogens with zero attached hydrogens (tertiary/aromatic N) is 1. The van der Waals surface area contributed by atoms with E-state index in [1.165, 1.54) is 20.8 Å². The fourth-order valence-corrected chi connectivity index (χ4v) is 10.1. The molecule has 0 spiro atoms. The van der Waals surface area contributed by atoms with E-state index in [-0.39, 0.29) is 36.7 Å².